The minimum atomic E-state index is -0.484. The van der Waals surface area contributed by atoms with E-state index in [1.807, 2.05) is 26.8 Å². The van der Waals surface area contributed by atoms with Crippen molar-refractivity contribution in [1.82, 2.24) is 15.8 Å². The van der Waals surface area contributed by atoms with E-state index in [0.717, 1.165) is 23.9 Å². The largest absolute Gasteiger partial charge is 0.359 e. The second-order valence-electron chi connectivity index (χ2n) is 5.66. The molecule has 0 spiro atoms. The van der Waals surface area contributed by atoms with Crippen LogP contribution < -0.4 is 10.6 Å². The van der Waals surface area contributed by atoms with Gasteiger partial charge >= 0.3 is 0 Å². The first-order valence-corrected chi connectivity index (χ1v) is 7.91. The summed E-state index contributed by atoms with van der Waals surface area (Å²) in [5.41, 5.74) is 1.09. The van der Waals surface area contributed by atoms with Gasteiger partial charge in [-0.3, -0.25) is 0 Å². The number of halogens is 2. The van der Waals surface area contributed by atoms with Gasteiger partial charge in [-0.1, -0.05) is 19.0 Å². The molecule has 130 valence electrons. The van der Waals surface area contributed by atoms with Crippen molar-refractivity contribution in [3.8, 4) is 0 Å². The summed E-state index contributed by atoms with van der Waals surface area (Å²) in [7, 11) is 0. The molecule has 2 N–H and O–H groups in total. The number of hydrogen-bond donors (Lipinski definition) is 2. The minimum absolute atomic E-state index is 0.0343. The lowest BCUT2D eigenvalue weighted by Gasteiger charge is -2.10. The summed E-state index contributed by atoms with van der Waals surface area (Å²) in [6.45, 7) is 7.07. The van der Waals surface area contributed by atoms with Crippen LogP contribution in [0.15, 0.2) is 33.8 Å². The van der Waals surface area contributed by atoms with Gasteiger partial charge in [0.25, 0.3) is 0 Å². The van der Waals surface area contributed by atoms with Crippen molar-refractivity contribution in [1.29, 1.82) is 0 Å². The average Bonchev–Trinajstić information content (AvgIpc) is 3.02. The maximum Gasteiger partial charge on any atom is 0.191 e. The van der Waals surface area contributed by atoms with Gasteiger partial charge < -0.3 is 15.2 Å². The van der Waals surface area contributed by atoms with Crippen LogP contribution in [0.4, 0.5) is 8.78 Å². The first kappa shape index (κ1) is 17.9. The van der Waals surface area contributed by atoms with E-state index in [0.29, 0.717) is 30.7 Å². The highest BCUT2D eigenvalue weighted by atomic mass is 19.1. The van der Waals surface area contributed by atoms with Gasteiger partial charge in [-0.25, -0.2) is 13.8 Å². The van der Waals surface area contributed by atoms with E-state index in [1.54, 1.807) is 0 Å². The molecule has 2 rings (SSSR count). The first-order chi connectivity index (χ1) is 11.5. The van der Waals surface area contributed by atoms with E-state index < -0.39 is 11.6 Å². The monoisotopic (exact) mass is 336 g/mol. The fourth-order valence-electron chi connectivity index (χ4n) is 2.03. The highest BCUT2D eigenvalue weighted by molar-refractivity contribution is 5.79. The smallest absolute Gasteiger partial charge is 0.191 e. The van der Waals surface area contributed by atoms with Crippen molar-refractivity contribution in [3.05, 3.63) is 52.9 Å². The lowest BCUT2D eigenvalue weighted by atomic mass is 10.1. The van der Waals surface area contributed by atoms with E-state index in [1.165, 1.54) is 0 Å². The number of aromatic nitrogens is 1. The summed E-state index contributed by atoms with van der Waals surface area (Å²) in [6, 6.07) is 5.21. The second-order valence-corrected chi connectivity index (χ2v) is 5.66. The molecule has 0 radical (unpaired) electrons. The van der Waals surface area contributed by atoms with Crippen molar-refractivity contribution in [3.63, 3.8) is 0 Å². The van der Waals surface area contributed by atoms with Crippen LogP contribution in [-0.2, 0) is 13.1 Å². The Kier molecular flexibility index (Phi) is 6.28. The van der Waals surface area contributed by atoms with Gasteiger partial charge in [0.15, 0.2) is 11.7 Å². The second kappa shape index (κ2) is 8.42. The van der Waals surface area contributed by atoms with Crippen molar-refractivity contribution in [2.75, 3.05) is 6.54 Å². The van der Waals surface area contributed by atoms with Crippen LogP contribution >= 0.6 is 0 Å². The van der Waals surface area contributed by atoms with E-state index in [2.05, 4.69) is 20.8 Å². The molecule has 0 aliphatic rings. The van der Waals surface area contributed by atoms with E-state index in [4.69, 9.17) is 4.52 Å². The third kappa shape index (κ3) is 5.04. The third-order valence-electron chi connectivity index (χ3n) is 3.36. The molecule has 0 saturated heterocycles. The van der Waals surface area contributed by atoms with Gasteiger partial charge in [-0.05, 0) is 31.0 Å². The van der Waals surface area contributed by atoms with Gasteiger partial charge in [-0.2, -0.15) is 0 Å². The van der Waals surface area contributed by atoms with Crippen LogP contribution in [0.2, 0.25) is 0 Å². The fourth-order valence-corrected chi connectivity index (χ4v) is 2.03. The van der Waals surface area contributed by atoms with Gasteiger partial charge in [0, 0.05) is 18.2 Å². The van der Waals surface area contributed by atoms with Crippen molar-refractivity contribution in [2.45, 2.75) is 39.8 Å². The molecule has 5 nitrogen and oxygen atoms in total. The zero-order valence-corrected chi connectivity index (χ0v) is 14.1. The SMILES string of the molecule is CCNC(=NCc1cc(F)ccc1F)NCc1cc(C(C)C)no1. The molecule has 2 aromatic rings. The molecule has 1 aromatic carbocycles. The number of nitrogens with one attached hydrogen (secondary N) is 2. The lowest BCUT2D eigenvalue weighted by Crippen LogP contribution is -2.36. The average molecular weight is 336 g/mol. The molecule has 0 amide bonds. The van der Waals surface area contributed by atoms with Gasteiger partial charge in [0.05, 0.1) is 18.8 Å². The highest BCUT2D eigenvalue weighted by Gasteiger charge is 2.09. The van der Waals surface area contributed by atoms with Crippen molar-refractivity contribution < 1.29 is 13.3 Å². The summed E-state index contributed by atoms with van der Waals surface area (Å²) >= 11 is 0. The minimum Gasteiger partial charge on any atom is -0.359 e. The summed E-state index contributed by atoms with van der Waals surface area (Å²) in [5.74, 6) is 0.500. The van der Waals surface area contributed by atoms with Gasteiger partial charge in [0.2, 0.25) is 0 Å². The number of aliphatic imine (C=N–C) groups is 1. The summed E-state index contributed by atoms with van der Waals surface area (Å²) in [6.07, 6.45) is 0. The Hall–Kier alpha value is -2.44. The lowest BCUT2D eigenvalue weighted by molar-refractivity contribution is 0.372. The van der Waals surface area contributed by atoms with Crippen molar-refractivity contribution >= 4 is 5.96 Å². The zero-order chi connectivity index (χ0) is 17.5. The molecule has 0 unspecified atom stereocenters. The van der Waals surface area contributed by atoms with Crippen LogP contribution in [0.1, 0.15) is 43.7 Å². The molecule has 1 heterocycles. The van der Waals surface area contributed by atoms with Crippen LogP contribution in [0, 0.1) is 11.6 Å². The maximum atomic E-state index is 13.6. The molecule has 0 saturated carbocycles. The normalized spacial score (nSPS) is 11.8. The Labute approximate surface area is 140 Å². The molecule has 0 atom stereocenters. The molecule has 0 fully saturated rings. The summed E-state index contributed by atoms with van der Waals surface area (Å²) < 4.78 is 32.1. The summed E-state index contributed by atoms with van der Waals surface area (Å²) in [4.78, 5) is 4.27. The Balaban J connectivity index is 2.01. The Morgan fingerprint density at radius 1 is 1.25 bits per heavy atom. The molecule has 0 aliphatic carbocycles. The van der Waals surface area contributed by atoms with Crippen LogP contribution in [0.3, 0.4) is 0 Å². The molecule has 7 heteroatoms. The standard InChI is InChI=1S/C17H22F2N4O/c1-4-20-17(21-9-12-7-13(18)5-6-15(12)19)22-10-14-8-16(11(2)3)23-24-14/h5-8,11H,4,9-10H2,1-3H3,(H2,20,21,22). The predicted molar refractivity (Wildman–Crippen MR) is 88.6 cm³/mol. The number of benzene rings is 1. The fraction of sp³-hybridized carbons (Fsp3) is 0.412. The molecule has 0 bridgehead atoms. The van der Waals surface area contributed by atoms with Crippen molar-refractivity contribution in [2.24, 2.45) is 4.99 Å². The topological polar surface area (TPSA) is 62.5 Å². The molecule has 0 aliphatic heterocycles. The van der Waals surface area contributed by atoms with Gasteiger partial charge in [-0.15, -0.1) is 0 Å². The Morgan fingerprint density at radius 2 is 2.04 bits per heavy atom. The quantitative estimate of drug-likeness (QED) is 0.627. The molecular weight excluding hydrogens is 314 g/mol. The molecular formula is C17H22F2N4O. The summed E-state index contributed by atoms with van der Waals surface area (Å²) in [5, 5.41) is 10.1. The number of guanidine groups is 1. The van der Waals surface area contributed by atoms with E-state index >= 15 is 0 Å². The molecule has 24 heavy (non-hydrogen) atoms. The Bertz CT molecular complexity index is 698. The number of rotatable bonds is 6. The predicted octanol–water partition coefficient (Wildman–Crippen LogP) is 3.33. The zero-order valence-electron chi connectivity index (χ0n) is 14.1. The van der Waals surface area contributed by atoms with Crippen LogP contribution in [-0.4, -0.2) is 17.7 Å². The maximum absolute atomic E-state index is 13.6. The van der Waals surface area contributed by atoms with E-state index in [9.17, 15) is 8.78 Å². The van der Waals surface area contributed by atoms with E-state index in [-0.39, 0.29) is 12.1 Å². The first-order valence-electron chi connectivity index (χ1n) is 7.91. The van der Waals surface area contributed by atoms with Crippen LogP contribution in [0.5, 0.6) is 0 Å². The number of hydrogen-bond acceptors (Lipinski definition) is 3. The third-order valence-corrected chi connectivity index (χ3v) is 3.36. The number of nitrogens with zero attached hydrogens (tertiary/aromatic N) is 2. The Morgan fingerprint density at radius 3 is 2.71 bits per heavy atom. The highest BCUT2D eigenvalue weighted by Crippen LogP contribution is 2.14. The van der Waals surface area contributed by atoms with Crippen LogP contribution in [0.25, 0.3) is 0 Å². The van der Waals surface area contributed by atoms with Gasteiger partial charge in [0.1, 0.15) is 11.6 Å². The molecule has 1 aromatic heterocycles.